The van der Waals surface area contributed by atoms with Crippen molar-refractivity contribution >= 4 is 29.1 Å². The average Bonchev–Trinajstić information content (AvgIpc) is 2.87. The van der Waals surface area contributed by atoms with Crippen LogP contribution in [0.2, 0.25) is 0 Å². The first-order chi connectivity index (χ1) is 15.8. The Labute approximate surface area is 189 Å². The molecule has 158 valence electrons. The van der Waals surface area contributed by atoms with Gasteiger partial charge in [-0.25, -0.2) is 0 Å². The molecule has 0 fully saturated rings. The van der Waals surface area contributed by atoms with E-state index in [1.165, 1.54) is 0 Å². The highest BCUT2D eigenvalue weighted by Crippen LogP contribution is 2.61. The number of nitrogens with two attached hydrogens (primary N) is 1. The number of carbonyl (C=O) groups is 1. The summed E-state index contributed by atoms with van der Waals surface area (Å²) in [4.78, 5) is 13.3. The second-order valence-corrected chi connectivity index (χ2v) is 10.6. The minimum absolute atomic E-state index is 0.181. The normalized spacial score (nSPS) is 11.6. The first-order valence-electron chi connectivity index (χ1n) is 10.4. The van der Waals surface area contributed by atoms with Gasteiger partial charge in [0.05, 0.1) is 6.20 Å². The Bertz CT molecular complexity index is 1080. The summed E-state index contributed by atoms with van der Waals surface area (Å²) in [6.07, 6.45) is 1.71. The highest BCUT2D eigenvalue weighted by Gasteiger charge is 2.50. The summed E-state index contributed by atoms with van der Waals surface area (Å²) in [5.74, 6) is 5.63. The van der Waals surface area contributed by atoms with Gasteiger partial charge in [-0.3, -0.25) is 16.0 Å². The maximum absolute atomic E-state index is 13.3. The third-order valence-electron chi connectivity index (χ3n) is 5.29. The molecule has 0 aliphatic rings. The van der Waals surface area contributed by atoms with Gasteiger partial charge in [-0.2, -0.15) is 0 Å². The first-order valence-corrected chi connectivity index (χ1v) is 12.1. The maximum atomic E-state index is 13.3. The fraction of sp³-hybridized carbons (Fsp3) is 0. The summed E-state index contributed by atoms with van der Waals surface area (Å²) in [7, 11) is -2.47. The van der Waals surface area contributed by atoms with E-state index in [-0.39, 0.29) is 5.91 Å². The lowest BCUT2D eigenvalue weighted by atomic mass is 10.2. The van der Waals surface area contributed by atoms with Crippen molar-refractivity contribution in [3.8, 4) is 0 Å². The van der Waals surface area contributed by atoms with Crippen LogP contribution in [0.25, 0.3) is 0 Å². The molecule has 0 saturated heterocycles. The maximum Gasteiger partial charge on any atom is 0.258 e. The van der Waals surface area contributed by atoms with Crippen LogP contribution >= 0.6 is 7.26 Å². The number of hydrazine groups is 1. The van der Waals surface area contributed by atoms with E-state index in [4.69, 9.17) is 5.84 Å². The van der Waals surface area contributed by atoms with Crippen LogP contribution in [0.15, 0.2) is 133 Å². The predicted octanol–water partition coefficient (Wildman–Crippen LogP) is 3.67. The molecule has 0 bridgehead atoms. The highest BCUT2D eigenvalue weighted by atomic mass is 31.2. The second kappa shape index (κ2) is 10.1. The van der Waals surface area contributed by atoms with Gasteiger partial charge in [-0.05, 0) is 48.5 Å². The standard InChI is InChI=1S/C27H24N3OP/c28-29-21-26(30-27(31)22-13-5-1-6-14-22)32(23-15-7-2-8-16-23,24-17-9-3-10-18-24)25-19-11-4-12-20-25/h1-21,29H,28H2/p+1. The molecule has 4 N–H and O–H groups in total. The molecule has 4 aromatic carbocycles. The molecular weight excluding hydrogens is 413 g/mol. The molecule has 0 atom stereocenters. The van der Waals surface area contributed by atoms with Crippen LogP contribution in [0.1, 0.15) is 10.4 Å². The fourth-order valence-electron chi connectivity index (χ4n) is 3.89. The number of hydrogen-bond acceptors (Lipinski definition) is 3. The third-order valence-corrected chi connectivity index (χ3v) is 9.47. The monoisotopic (exact) mass is 438 g/mol. The van der Waals surface area contributed by atoms with Gasteiger partial charge >= 0.3 is 0 Å². The molecule has 0 unspecified atom stereocenters. The Morgan fingerprint density at radius 1 is 0.625 bits per heavy atom. The Balaban J connectivity index is 1.99. The van der Waals surface area contributed by atoms with Gasteiger partial charge in [-0.1, -0.05) is 72.8 Å². The van der Waals surface area contributed by atoms with E-state index in [1.807, 2.05) is 72.8 Å². The summed E-state index contributed by atoms with van der Waals surface area (Å²) >= 11 is 0. The van der Waals surface area contributed by atoms with Crippen molar-refractivity contribution in [3.63, 3.8) is 0 Å². The Hall–Kier alpha value is -3.72. The summed E-state index contributed by atoms with van der Waals surface area (Å²) in [5.41, 5.74) is 4.01. The number of amides is 1. The van der Waals surface area contributed by atoms with Gasteiger partial charge in [0, 0.05) is 5.56 Å². The predicted molar refractivity (Wildman–Crippen MR) is 134 cm³/mol. The van der Waals surface area contributed by atoms with Gasteiger partial charge in [0.1, 0.15) is 15.9 Å². The zero-order chi connectivity index (χ0) is 22.2. The smallest absolute Gasteiger partial charge is 0.258 e. The zero-order valence-electron chi connectivity index (χ0n) is 17.6. The average molecular weight is 438 g/mol. The van der Waals surface area contributed by atoms with E-state index < -0.39 is 7.26 Å². The third kappa shape index (κ3) is 4.19. The molecule has 4 nitrogen and oxygen atoms in total. The number of nitrogens with one attached hydrogen (secondary N) is 2. The molecule has 0 aliphatic carbocycles. The second-order valence-electron chi connectivity index (χ2n) is 7.19. The molecule has 4 aromatic rings. The van der Waals surface area contributed by atoms with Crippen molar-refractivity contribution in [1.29, 1.82) is 0 Å². The Morgan fingerprint density at radius 2 is 1.00 bits per heavy atom. The molecule has 0 radical (unpaired) electrons. The fourth-order valence-corrected chi connectivity index (χ4v) is 8.02. The van der Waals surface area contributed by atoms with E-state index in [0.717, 1.165) is 21.4 Å². The lowest BCUT2D eigenvalue weighted by Crippen LogP contribution is -2.39. The van der Waals surface area contributed by atoms with Crippen LogP contribution in [0.4, 0.5) is 0 Å². The lowest BCUT2D eigenvalue weighted by molar-refractivity contribution is 0.0968. The molecule has 0 saturated carbocycles. The highest BCUT2D eigenvalue weighted by molar-refractivity contribution is 7.99. The van der Waals surface area contributed by atoms with Crippen LogP contribution < -0.4 is 32.5 Å². The first kappa shape index (κ1) is 21.5. The van der Waals surface area contributed by atoms with E-state index >= 15 is 0 Å². The molecule has 32 heavy (non-hydrogen) atoms. The Morgan fingerprint density at radius 3 is 1.38 bits per heavy atom. The van der Waals surface area contributed by atoms with E-state index in [2.05, 4.69) is 47.1 Å². The van der Waals surface area contributed by atoms with Crippen molar-refractivity contribution in [1.82, 2.24) is 10.7 Å². The van der Waals surface area contributed by atoms with Crippen molar-refractivity contribution in [2.45, 2.75) is 0 Å². The van der Waals surface area contributed by atoms with Gasteiger partial charge < -0.3 is 5.43 Å². The van der Waals surface area contributed by atoms with Crippen LogP contribution in [0.3, 0.4) is 0 Å². The van der Waals surface area contributed by atoms with Gasteiger partial charge in [0.25, 0.3) is 5.91 Å². The Kier molecular flexibility index (Phi) is 6.76. The van der Waals surface area contributed by atoms with Crippen LogP contribution in [0, 0.1) is 0 Å². The largest absolute Gasteiger partial charge is 0.326 e. The molecule has 1 amide bonds. The van der Waals surface area contributed by atoms with Crippen LogP contribution in [-0.4, -0.2) is 5.91 Å². The molecule has 0 aromatic heterocycles. The van der Waals surface area contributed by atoms with Crippen LogP contribution in [-0.2, 0) is 0 Å². The van der Waals surface area contributed by atoms with Gasteiger partial charge in [0.2, 0.25) is 0 Å². The number of benzene rings is 4. The molecule has 4 rings (SSSR count). The number of carbonyl (C=O) groups excluding carboxylic acids is 1. The molecular formula is C27H25N3OP+. The summed E-state index contributed by atoms with van der Waals surface area (Å²) < 4.78 is 0. The minimum atomic E-state index is -2.47. The molecule has 5 heteroatoms. The number of hydrogen-bond donors (Lipinski definition) is 3. The summed E-state index contributed by atoms with van der Waals surface area (Å²) in [6.45, 7) is 0. The van der Waals surface area contributed by atoms with Crippen LogP contribution in [0.5, 0.6) is 0 Å². The van der Waals surface area contributed by atoms with Crippen molar-refractivity contribution in [2.24, 2.45) is 5.84 Å². The summed E-state index contributed by atoms with van der Waals surface area (Å²) in [5, 5.41) is 6.55. The quantitative estimate of drug-likeness (QED) is 0.234. The van der Waals surface area contributed by atoms with Gasteiger partial charge in [0.15, 0.2) is 12.7 Å². The van der Waals surface area contributed by atoms with E-state index in [0.29, 0.717) is 5.56 Å². The topological polar surface area (TPSA) is 67.2 Å². The van der Waals surface area contributed by atoms with Crippen molar-refractivity contribution in [2.75, 3.05) is 0 Å². The molecule has 0 aliphatic heterocycles. The summed E-state index contributed by atoms with van der Waals surface area (Å²) in [6, 6.07) is 40.1. The number of rotatable bonds is 7. The lowest BCUT2D eigenvalue weighted by Gasteiger charge is -2.29. The van der Waals surface area contributed by atoms with Crippen molar-refractivity contribution in [3.05, 3.63) is 139 Å². The van der Waals surface area contributed by atoms with E-state index in [1.54, 1.807) is 18.3 Å². The SMILES string of the molecule is NNC=C(NC(=O)c1ccccc1)[P+](c1ccccc1)(c1ccccc1)c1ccccc1. The zero-order valence-corrected chi connectivity index (χ0v) is 18.5. The molecule has 0 heterocycles. The van der Waals surface area contributed by atoms with E-state index in [9.17, 15) is 4.79 Å². The van der Waals surface area contributed by atoms with Gasteiger partial charge in [-0.15, -0.1) is 0 Å². The minimum Gasteiger partial charge on any atom is -0.326 e. The molecule has 0 spiro atoms. The van der Waals surface area contributed by atoms with Crippen molar-refractivity contribution < 1.29 is 4.79 Å².